The van der Waals surface area contributed by atoms with Gasteiger partial charge in [0, 0.05) is 37.7 Å². The quantitative estimate of drug-likeness (QED) is 0.347. The maximum absolute atomic E-state index is 2.63. The average molecular weight is 124 g/mol. The number of rotatable bonds is 0. The monoisotopic (exact) mass is 124 g/mol. The van der Waals surface area contributed by atoms with Gasteiger partial charge < -0.3 is 0 Å². The van der Waals surface area contributed by atoms with E-state index in [0.29, 0.717) is 0 Å². The second-order valence-corrected chi connectivity index (χ2v) is 2.08. The van der Waals surface area contributed by atoms with Crippen LogP contribution >= 0.6 is 9.24 Å². The molecule has 3 heteroatoms. The van der Waals surface area contributed by atoms with Gasteiger partial charge in [0.15, 0.2) is 0 Å². The predicted octanol–water partition coefficient (Wildman–Crippen LogP) is 0.425. The SMILES string of the molecule is Pc1ccccc1.[Li].[Li]. The van der Waals surface area contributed by atoms with Crippen LogP contribution in [0.1, 0.15) is 0 Å². The molecule has 0 bridgehead atoms. The first-order valence-electron chi connectivity index (χ1n) is 2.20. The maximum atomic E-state index is 2.63. The van der Waals surface area contributed by atoms with E-state index in [-0.39, 0.29) is 37.7 Å². The summed E-state index contributed by atoms with van der Waals surface area (Å²) in [4.78, 5) is 0. The van der Waals surface area contributed by atoms with Gasteiger partial charge in [-0.25, -0.2) is 0 Å². The van der Waals surface area contributed by atoms with E-state index in [1.54, 1.807) is 0 Å². The van der Waals surface area contributed by atoms with E-state index in [4.69, 9.17) is 0 Å². The van der Waals surface area contributed by atoms with Crippen molar-refractivity contribution >= 4 is 52.3 Å². The summed E-state index contributed by atoms with van der Waals surface area (Å²) in [7, 11) is 2.63. The molecule has 38 valence electrons. The van der Waals surface area contributed by atoms with Gasteiger partial charge in [0.2, 0.25) is 0 Å². The molecule has 0 spiro atoms. The summed E-state index contributed by atoms with van der Waals surface area (Å²) in [6.45, 7) is 0. The number of hydrogen-bond donors (Lipinski definition) is 0. The zero-order chi connectivity index (χ0) is 5.11. The van der Waals surface area contributed by atoms with Crippen molar-refractivity contribution in [3.8, 4) is 0 Å². The van der Waals surface area contributed by atoms with Crippen LogP contribution in [0.5, 0.6) is 0 Å². The third kappa shape index (κ3) is 5.30. The van der Waals surface area contributed by atoms with E-state index in [1.807, 2.05) is 30.3 Å². The van der Waals surface area contributed by atoms with Crippen LogP contribution < -0.4 is 5.30 Å². The molecule has 1 aromatic carbocycles. The van der Waals surface area contributed by atoms with Gasteiger partial charge in [-0.3, -0.25) is 0 Å². The molecule has 0 fully saturated rings. The van der Waals surface area contributed by atoms with Gasteiger partial charge in [0.25, 0.3) is 0 Å². The summed E-state index contributed by atoms with van der Waals surface area (Å²) in [5.74, 6) is 0. The molecule has 0 saturated carbocycles. The fourth-order valence-corrected chi connectivity index (χ4v) is 0.675. The first-order valence-corrected chi connectivity index (χ1v) is 2.78. The van der Waals surface area contributed by atoms with Gasteiger partial charge in [-0.15, -0.1) is 9.24 Å². The molecule has 0 nitrogen and oxygen atoms in total. The van der Waals surface area contributed by atoms with Gasteiger partial charge in [-0.2, -0.15) is 0 Å². The third-order valence-corrected chi connectivity index (χ3v) is 1.18. The van der Waals surface area contributed by atoms with E-state index in [1.165, 1.54) is 5.30 Å². The summed E-state index contributed by atoms with van der Waals surface area (Å²) in [5, 5.41) is 1.24. The normalized spacial score (nSPS) is 6.78. The molecular weight excluding hydrogens is 117 g/mol. The topological polar surface area (TPSA) is 0 Å². The van der Waals surface area contributed by atoms with Crippen molar-refractivity contribution in [2.75, 3.05) is 0 Å². The van der Waals surface area contributed by atoms with Crippen LogP contribution in [-0.2, 0) is 0 Å². The van der Waals surface area contributed by atoms with Crippen LogP contribution in [0.15, 0.2) is 30.3 Å². The molecule has 1 aromatic rings. The Morgan fingerprint density at radius 2 is 1.33 bits per heavy atom. The molecule has 9 heavy (non-hydrogen) atoms. The standard InChI is InChI=1S/C6H7P.2Li/c7-6-4-2-1-3-5-6;;/h1-5H,7H2;;. The summed E-state index contributed by atoms with van der Waals surface area (Å²) in [6, 6.07) is 10.1. The van der Waals surface area contributed by atoms with Crippen molar-refractivity contribution in [2.45, 2.75) is 0 Å². The molecular formula is C6H7Li2P. The second-order valence-electron chi connectivity index (χ2n) is 1.41. The minimum atomic E-state index is 0. The molecule has 0 amide bonds. The Morgan fingerprint density at radius 3 is 1.56 bits per heavy atom. The van der Waals surface area contributed by atoms with E-state index in [2.05, 4.69) is 9.24 Å². The van der Waals surface area contributed by atoms with Crippen LogP contribution in [0.2, 0.25) is 0 Å². The van der Waals surface area contributed by atoms with Gasteiger partial charge in [0.1, 0.15) is 0 Å². The summed E-state index contributed by atoms with van der Waals surface area (Å²) < 4.78 is 0. The van der Waals surface area contributed by atoms with Gasteiger partial charge >= 0.3 is 0 Å². The largest absolute Gasteiger partial charge is 0.106 e. The molecule has 0 saturated heterocycles. The Hall–Kier alpha value is 0.845. The van der Waals surface area contributed by atoms with Crippen molar-refractivity contribution in [1.29, 1.82) is 0 Å². The summed E-state index contributed by atoms with van der Waals surface area (Å²) >= 11 is 0. The van der Waals surface area contributed by atoms with Gasteiger partial charge in [0.05, 0.1) is 0 Å². The third-order valence-electron chi connectivity index (χ3n) is 0.800. The average Bonchev–Trinajstić information content (AvgIpc) is 1.69. The van der Waals surface area contributed by atoms with Crippen LogP contribution in [-0.4, -0.2) is 37.7 Å². The molecule has 0 aliphatic heterocycles. The van der Waals surface area contributed by atoms with E-state index in [9.17, 15) is 0 Å². The molecule has 0 heterocycles. The van der Waals surface area contributed by atoms with Crippen molar-refractivity contribution in [2.24, 2.45) is 0 Å². The Morgan fingerprint density at radius 1 is 0.889 bits per heavy atom. The Kier molecular flexibility index (Phi) is 9.68. The summed E-state index contributed by atoms with van der Waals surface area (Å²) in [6.07, 6.45) is 0. The van der Waals surface area contributed by atoms with Crippen molar-refractivity contribution < 1.29 is 0 Å². The molecule has 0 aliphatic carbocycles. The zero-order valence-corrected chi connectivity index (χ0v) is 7.12. The molecule has 2 radical (unpaired) electrons. The van der Waals surface area contributed by atoms with Crippen molar-refractivity contribution in [1.82, 2.24) is 0 Å². The van der Waals surface area contributed by atoms with Gasteiger partial charge in [-0.05, 0) is 5.30 Å². The zero-order valence-electron chi connectivity index (χ0n) is 5.96. The second kappa shape index (κ2) is 6.96. The van der Waals surface area contributed by atoms with Crippen LogP contribution in [0.3, 0.4) is 0 Å². The first kappa shape index (κ1) is 12.5. The molecule has 0 N–H and O–H groups in total. The Labute approximate surface area is 82.4 Å². The van der Waals surface area contributed by atoms with Crippen molar-refractivity contribution in [3.05, 3.63) is 30.3 Å². The molecule has 1 atom stereocenters. The van der Waals surface area contributed by atoms with E-state index >= 15 is 0 Å². The summed E-state index contributed by atoms with van der Waals surface area (Å²) in [5.41, 5.74) is 0. The predicted molar refractivity (Wildman–Crippen MR) is 47.3 cm³/mol. The molecule has 1 unspecified atom stereocenters. The minimum Gasteiger partial charge on any atom is -0.106 e. The van der Waals surface area contributed by atoms with Crippen molar-refractivity contribution in [3.63, 3.8) is 0 Å². The molecule has 0 aromatic heterocycles. The first-order chi connectivity index (χ1) is 3.39. The fraction of sp³-hybridized carbons (Fsp3) is 0. The molecule has 0 aliphatic rings. The maximum Gasteiger partial charge on any atom is 0 e. The fourth-order valence-electron chi connectivity index (χ4n) is 0.453. The van der Waals surface area contributed by atoms with Gasteiger partial charge in [-0.1, -0.05) is 30.3 Å². The number of hydrogen-bond acceptors (Lipinski definition) is 0. The van der Waals surface area contributed by atoms with Crippen LogP contribution in [0.4, 0.5) is 0 Å². The number of benzene rings is 1. The Bertz CT molecular complexity index is 141. The Balaban J connectivity index is 0. The van der Waals surface area contributed by atoms with E-state index < -0.39 is 0 Å². The minimum absolute atomic E-state index is 0. The smallest absolute Gasteiger partial charge is 0 e. The van der Waals surface area contributed by atoms with E-state index in [0.717, 1.165) is 0 Å². The van der Waals surface area contributed by atoms with Crippen LogP contribution in [0.25, 0.3) is 0 Å². The van der Waals surface area contributed by atoms with Crippen LogP contribution in [0, 0.1) is 0 Å². The molecule has 1 rings (SSSR count).